The van der Waals surface area contributed by atoms with E-state index in [-0.39, 0.29) is 5.97 Å². The van der Waals surface area contributed by atoms with Gasteiger partial charge in [0, 0.05) is 19.6 Å². The summed E-state index contributed by atoms with van der Waals surface area (Å²) in [5.74, 6) is -1.28. The number of rotatable bonds is 4. The van der Waals surface area contributed by atoms with E-state index in [2.05, 4.69) is 5.32 Å². The lowest BCUT2D eigenvalue weighted by Crippen LogP contribution is -2.59. The highest BCUT2D eigenvalue weighted by atomic mass is 16.5. The van der Waals surface area contributed by atoms with Crippen molar-refractivity contribution in [2.24, 2.45) is 0 Å². The molecule has 1 fully saturated rings. The zero-order valence-electron chi connectivity index (χ0n) is 9.60. The Balaban J connectivity index is 2.70. The molecule has 1 aliphatic rings. The molecule has 0 spiro atoms. The van der Waals surface area contributed by atoms with Gasteiger partial charge in [-0.05, 0) is 13.8 Å². The second kappa shape index (κ2) is 5.81. The predicted octanol–water partition coefficient (Wildman–Crippen LogP) is -0.704. The number of carbonyl (C=O) groups excluding carboxylic acids is 1. The Morgan fingerprint density at radius 3 is 2.88 bits per heavy atom. The summed E-state index contributed by atoms with van der Waals surface area (Å²) in [5, 5.41) is 12.0. The maximum atomic E-state index is 11.6. The molecule has 16 heavy (non-hydrogen) atoms. The van der Waals surface area contributed by atoms with Crippen LogP contribution < -0.4 is 5.32 Å². The van der Waals surface area contributed by atoms with Crippen LogP contribution in [-0.2, 0) is 14.3 Å². The Hall–Kier alpha value is -1.14. The molecule has 0 radical (unpaired) electrons. The van der Waals surface area contributed by atoms with Crippen LogP contribution in [0.3, 0.4) is 0 Å². The number of esters is 1. The van der Waals surface area contributed by atoms with Crippen molar-refractivity contribution >= 4 is 11.9 Å². The third-order valence-electron chi connectivity index (χ3n) is 2.70. The second-order valence-corrected chi connectivity index (χ2v) is 3.72. The van der Waals surface area contributed by atoms with Crippen molar-refractivity contribution in [3.8, 4) is 0 Å². The number of nitrogens with one attached hydrogen (secondary N) is 1. The van der Waals surface area contributed by atoms with Crippen molar-refractivity contribution in [2.45, 2.75) is 25.9 Å². The van der Waals surface area contributed by atoms with Crippen molar-refractivity contribution in [3.63, 3.8) is 0 Å². The lowest BCUT2D eigenvalue weighted by Gasteiger charge is -2.36. The van der Waals surface area contributed by atoms with Gasteiger partial charge in [0.15, 0.2) is 0 Å². The third kappa shape index (κ3) is 2.93. The van der Waals surface area contributed by atoms with E-state index in [0.717, 1.165) is 0 Å². The molecule has 0 amide bonds. The highest BCUT2D eigenvalue weighted by molar-refractivity contribution is 5.79. The maximum absolute atomic E-state index is 11.6. The van der Waals surface area contributed by atoms with Gasteiger partial charge in [0.25, 0.3) is 0 Å². The van der Waals surface area contributed by atoms with Crippen molar-refractivity contribution in [1.29, 1.82) is 0 Å². The number of ether oxygens (including phenoxy) is 1. The lowest BCUT2D eigenvalue weighted by atomic mass is 10.1. The monoisotopic (exact) mass is 230 g/mol. The molecule has 0 bridgehead atoms. The van der Waals surface area contributed by atoms with E-state index in [1.54, 1.807) is 18.7 Å². The first-order chi connectivity index (χ1) is 7.57. The van der Waals surface area contributed by atoms with Crippen molar-refractivity contribution in [1.82, 2.24) is 10.2 Å². The molecule has 2 N–H and O–H groups in total. The third-order valence-corrected chi connectivity index (χ3v) is 2.70. The van der Waals surface area contributed by atoms with Gasteiger partial charge >= 0.3 is 11.9 Å². The van der Waals surface area contributed by atoms with Gasteiger partial charge in [0.1, 0.15) is 12.1 Å². The zero-order chi connectivity index (χ0) is 12.1. The van der Waals surface area contributed by atoms with Gasteiger partial charge in [-0.3, -0.25) is 14.5 Å². The molecule has 0 aromatic rings. The fourth-order valence-electron chi connectivity index (χ4n) is 1.78. The lowest BCUT2D eigenvalue weighted by molar-refractivity contribution is -0.155. The number of nitrogens with zero attached hydrogens (tertiary/aromatic N) is 1. The molecular weight excluding hydrogens is 212 g/mol. The van der Waals surface area contributed by atoms with E-state index in [1.165, 1.54) is 0 Å². The number of aliphatic carboxylic acids is 1. The molecule has 0 aromatic carbocycles. The Labute approximate surface area is 94.6 Å². The predicted molar refractivity (Wildman–Crippen MR) is 57.1 cm³/mol. The van der Waals surface area contributed by atoms with E-state index in [9.17, 15) is 9.59 Å². The Morgan fingerprint density at radius 2 is 2.31 bits per heavy atom. The summed E-state index contributed by atoms with van der Waals surface area (Å²) in [6, 6.07) is -1.17. The van der Waals surface area contributed by atoms with E-state index < -0.39 is 18.1 Å². The van der Waals surface area contributed by atoms with Crippen molar-refractivity contribution in [2.75, 3.05) is 26.2 Å². The minimum Gasteiger partial charge on any atom is -0.480 e. The van der Waals surface area contributed by atoms with Gasteiger partial charge in [0.2, 0.25) is 0 Å². The second-order valence-electron chi connectivity index (χ2n) is 3.72. The van der Waals surface area contributed by atoms with Gasteiger partial charge in [-0.2, -0.15) is 0 Å². The average molecular weight is 230 g/mol. The molecule has 6 nitrogen and oxygen atoms in total. The molecule has 1 aliphatic heterocycles. The van der Waals surface area contributed by atoms with Crippen LogP contribution in [0.1, 0.15) is 13.8 Å². The quantitative estimate of drug-likeness (QED) is 0.622. The van der Waals surface area contributed by atoms with Crippen LogP contribution in [0.2, 0.25) is 0 Å². The normalized spacial score (nSPS) is 23.8. The molecule has 2 atom stereocenters. The minimum absolute atomic E-state index is 0.310. The molecule has 1 rings (SSSR count). The summed E-state index contributed by atoms with van der Waals surface area (Å²) in [6.07, 6.45) is 0. The molecule has 0 aliphatic carbocycles. The number of carboxylic acid groups (broad SMARTS) is 1. The number of hydrogen-bond acceptors (Lipinski definition) is 5. The van der Waals surface area contributed by atoms with E-state index >= 15 is 0 Å². The summed E-state index contributed by atoms with van der Waals surface area (Å²) >= 11 is 0. The maximum Gasteiger partial charge on any atom is 0.324 e. The van der Waals surface area contributed by atoms with E-state index in [4.69, 9.17) is 9.84 Å². The van der Waals surface area contributed by atoms with E-state index in [1.807, 2.05) is 0 Å². The van der Waals surface area contributed by atoms with Gasteiger partial charge in [-0.25, -0.2) is 0 Å². The summed E-state index contributed by atoms with van der Waals surface area (Å²) in [5.41, 5.74) is 0. The fourth-order valence-corrected chi connectivity index (χ4v) is 1.78. The number of carboxylic acids is 1. The molecule has 2 unspecified atom stereocenters. The van der Waals surface area contributed by atoms with Gasteiger partial charge in [-0.15, -0.1) is 0 Å². The van der Waals surface area contributed by atoms with Crippen molar-refractivity contribution < 1.29 is 19.4 Å². The topological polar surface area (TPSA) is 78.9 Å². The van der Waals surface area contributed by atoms with Gasteiger partial charge < -0.3 is 15.2 Å². The first-order valence-corrected chi connectivity index (χ1v) is 5.43. The molecule has 1 heterocycles. The first-order valence-electron chi connectivity index (χ1n) is 5.43. The highest BCUT2D eigenvalue weighted by Gasteiger charge is 2.35. The molecule has 1 saturated heterocycles. The fraction of sp³-hybridized carbons (Fsp3) is 0.800. The zero-order valence-corrected chi connectivity index (χ0v) is 9.60. The summed E-state index contributed by atoms with van der Waals surface area (Å²) in [6.45, 7) is 5.30. The molecule has 92 valence electrons. The van der Waals surface area contributed by atoms with Crippen LogP contribution in [0.15, 0.2) is 0 Å². The minimum atomic E-state index is -0.920. The SMILES string of the molecule is CCOC(=O)C1CNCCN1C(C)C(=O)O. The summed E-state index contributed by atoms with van der Waals surface area (Å²) < 4.78 is 4.93. The van der Waals surface area contributed by atoms with Crippen LogP contribution in [0.4, 0.5) is 0 Å². The van der Waals surface area contributed by atoms with Crippen LogP contribution in [-0.4, -0.2) is 60.3 Å². The molecular formula is C10H18N2O4. The summed E-state index contributed by atoms with van der Waals surface area (Å²) in [7, 11) is 0. The summed E-state index contributed by atoms with van der Waals surface area (Å²) in [4.78, 5) is 24.2. The number of hydrogen-bond donors (Lipinski definition) is 2. The van der Waals surface area contributed by atoms with Gasteiger partial charge in [-0.1, -0.05) is 0 Å². The Morgan fingerprint density at radius 1 is 1.62 bits per heavy atom. The van der Waals surface area contributed by atoms with Crippen molar-refractivity contribution in [3.05, 3.63) is 0 Å². The first kappa shape index (κ1) is 12.9. The van der Waals surface area contributed by atoms with Crippen LogP contribution >= 0.6 is 0 Å². The number of piperazine rings is 1. The molecule has 6 heteroatoms. The van der Waals surface area contributed by atoms with Crippen LogP contribution in [0, 0.1) is 0 Å². The van der Waals surface area contributed by atoms with Gasteiger partial charge in [0.05, 0.1) is 6.61 Å². The Kier molecular flexibility index (Phi) is 4.70. The number of carbonyl (C=O) groups is 2. The largest absolute Gasteiger partial charge is 0.480 e. The van der Waals surface area contributed by atoms with E-state index in [0.29, 0.717) is 26.2 Å². The smallest absolute Gasteiger partial charge is 0.324 e. The molecule has 0 saturated carbocycles. The standard InChI is InChI=1S/C10H18N2O4/c1-3-16-10(15)8-6-11-4-5-12(8)7(2)9(13)14/h7-8,11H,3-6H2,1-2H3,(H,13,14). The highest BCUT2D eigenvalue weighted by Crippen LogP contribution is 2.10. The Bertz CT molecular complexity index is 270. The van der Waals surface area contributed by atoms with Crippen LogP contribution in [0.5, 0.6) is 0 Å². The van der Waals surface area contributed by atoms with Crippen LogP contribution in [0.25, 0.3) is 0 Å². The average Bonchev–Trinajstić information content (AvgIpc) is 2.28. The molecule has 0 aromatic heterocycles.